The molecule has 3 rings (SSSR count). The van der Waals surface area contributed by atoms with Gasteiger partial charge in [-0.05, 0) is 35.2 Å². The standard InChI is InChI=1S/C28H33N3O5/c1-6-19-12-14-20(15-13-19)17-29-25(33)23-16-21(32)18-31(23)26(34)24(28(2,3)4)30(5)27(35)36-22-10-8-7-9-11-22/h1,7-15,21,23-24,32H,16-18H2,2-5H3,(H,29,33)/t21-,23+,24-/m1/s1. The van der Waals surface area contributed by atoms with Crippen LogP contribution < -0.4 is 10.1 Å². The van der Waals surface area contributed by atoms with Crippen LogP contribution in [0.25, 0.3) is 0 Å². The van der Waals surface area contributed by atoms with Crippen LogP contribution in [0.15, 0.2) is 54.6 Å². The Hall–Kier alpha value is -3.83. The topological polar surface area (TPSA) is 99.2 Å². The van der Waals surface area contributed by atoms with Crippen molar-refractivity contribution in [3.63, 3.8) is 0 Å². The summed E-state index contributed by atoms with van der Waals surface area (Å²) >= 11 is 0. The molecule has 0 unspecified atom stereocenters. The second-order valence-electron chi connectivity index (χ2n) is 10.0. The van der Waals surface area contributed by atoms with E-state index in [-0.39, 0.29) is 25.4 Å². The number of likely N-dealkylation sites (tertiary alicyclic amines) is 1. The van der Waals surface area contributed by atoms with Gasteiger partial charge in [0.15, 0.2) is 0 Å². The van der Waals surface area contributed by atoms with E-state index in [2.05, 4.69) is 11.2 Å². The Labute approximate surface area is 212 Å². The lowest BCUT2D eigenvalue weighted by atomic mass is 9.84. The van der Waals surface area contributed by atoms with Gasteiger partial charge in [0.25, 0.3) is 0 Å². The number of likely N-dealkylation sites (N-methyl/N-ethyl adjacent to an activating group) is 1. The van der Waals surface area contributed by atoms with Crippen molar-refractivity contribution in [1.82, 2.24) is 15.1 Å². The molecule has 190 valence electrons. The summed E-state index contributed by atoms with van der Waals surface area (Å²) in [5.41, 5.74) is 0.924. The minimum absolute atomic E-state index is 0.00192. The third kappa shape index (κ3) is 6.43. The molecular formula is C28H33N3O5. The van der Waals surface area contributed by atoms with Crippen LogP contribution in [0.4, 0.5) is 4.79 Å². The molecule has 2 aromatic rings. The zero-order valence-corrected chi connectivity index (χ0v) is 21.1. The van der Waals surface area contributed by atoms with Crippen molar-refractivity contribution in [3.8, 4) is 18.1 Å². The molecule has 0 spiro atoms. The maximum Gasteiger partial charge on any atom is 0.415 e. The number of rotatable bonds is 6. The summed E-state index contributed by atoms with van der Waals surface area (Å²) in [4.78, 5) is 42.3. The summed E-state index contributed by atoms with van der Waals surface area (Å²) in [5.74, 6) is 2.11. The van der Waals surface area contributed by atoms with E-state index in [1.165, 1.54) is 16.8 Å². The maximum atomic E-state index is 13.8. The first-order chi connectivity index (χ1) is 17.0. The fourth-order valence-electron chi connectivity index (χ4n) is 4.37. The molecule has 1 heterocycles. The summed E-state index contributed by atoms with van der Waals surface area (Å²) in [7, 11) is 1.50. The second-order valence-corrected chi connectivity index (χ2v) is 10.0. The number of hydrogen-bond donors (Lipinski definition) is 2. The second kappa shape index (κ2) is 11.3. The molecule has 0 bridgehead atoms. The third-order valence-electron chi connectivity index (χ3n) is 6.13. The first kappa shape index (κ1) is 26.8. The predicted molar refractivity (Wildman–Crippen MR) is 136 cm³/mol. The van der Waals surface area contributed by atoms with Crippen LogP contribution in [0.5, 0.6) is 5.75 Å². The summed E-state index contributed by atoms with van der Waals surface area (Å²) in [6.07, 6.45) is 3.96. The molecule has 1 fully saturated rings. The van der Waals surface area contributed by atoms with Gasteiger partial charge in [-0.25, -0.2) is 4.79 Å². The average Bonchev–Trinajstić information content (AvgIpc) is 3.24. The Bertz CT molecular complexity index is 1120. The van der Waals surface area contributed by atoms with Crippen LogP contribution in [0.1, 0.15) is 38.3 Å². The number of para-hydroxylation sites is 1. The highest BCUT2D eigenvalue weighted by molar-refractivity contribution is 5.92. The Morgan fingerprint density at radius 1 is 1.17 bits per heavy atom. The highest BCUT2D eigenvalue weighted by Gasteiger charge is 2.46. The van der Waals surface area contributed by atoms with Gasteiger partial charge in [-0.2, -0.15) is 0 Å². The largest absolute Gasteiger partial charge is 0.415 e. The predicted octanol–water partition coefficient (Wildman–Crippen LogP) is 2.79. The molecule has 36 heavy (non-hydrogen) atoms. The molecule has 0 aromatic heterocycles. The van der Waals surface area contributed by atoms with Crippen molar-refractivity contribution in [3.05, 3.63) is 65.7 Å². The van der Waals surface area contributed by atoms with Gasteiger partial charge in [0, 0.05) is 32.1 Å². The van der Waals surface area contributed by atoms with Crippen molar-refractivity contribution in [2.45, 2.75) is 51.9 Å². The molecular weight excluding hydrogens is 458 g/mol. The van der Waals surface area contributed by atoms with Crippen LogP contribution in [0.2, 0.25) is 0 Å². The highest BCUT2D eigenvalue weighted by Crippen LogP contribution is 2.30. The van der Waals surface area contributed by atoms with Gasteiger partial charge in [0.2, 0.25) is 11.8 Å². The number of benzene rings is 2. The molecule has 8 nitrogen and oxygen atoms in total. The molecule has 1 saturated heterocycles. The number of ether oxygens (including phenoxy) is 1. The molecule has 0 radical (unpaired) electrons. The van der Waals surface area contributed by atoms with Crippen molar-refractivity contribution in [1.29, 1.82) is 0 Å². The van der Waals surface area contributed by atoms with Crippen molar-refractivity contribution < 1.29 is 24.2 Å². The number of aliphatic hydroxyl groups is 1. The fraction of sp³-hybridized carbons (Fsp3) is 0.393. The summed E-state index contributed by atoms with van der Waals surface area (Å²) in [6.45, 7) is 5.77. The Balaban J connectivity index is 1.74. The van der Waals surface area contributed by atoms with Crippen molar-refractivity contribution in [2.24, 2.45) is 5.41 Å². The molecule has 0 saturated carbocycles. The number of β-amino-alcohol motifs (C(OH)–C–C–N with tert-alkyl or cyclic N) is 1. The van der Waals surface area contributed by atoms with Crippen LogP contribution in [0.3, 0.4) is 0 Å². The van der Waals surface area contributed by atoms with E-state index in [0.717, 1.165) is 11.1 Å². The molecule has 3 atom stereocenters. The quantitative estimate of drug-likeness (QED) is 0.606. The molecule has 1 aliphatic heterocycles. The van der Waals surface area contributed by atoms with E-state index in [1.54, 1.807) is 42.5 Å². The Morgan fingerprint density at radius 2 is 1.81 bits per heavy atom. The summed E-state index contributed by atoms with van der Waals surface area (Å²) < 4.78 is 5.44. The lowest BCUT2D eigenvalue weighted by Gasteiger charge is -2.39. The first-order valence-electron chi connectivity index (χ1n) is 11.8. The molecule has 2 aromatic carbocycles. The van der Waals surface area contributed by atoms with Crippen molar-refractivity contribution >= 4 is 17.9 Å². The number of amides is 3. The monoisotopic (exact) mass is 491 g/mol. The van der Waals surface area contributed by atoms with E-state index in [1.807, 2.05) is 32.9 Å². The normalized spacial score (nSPS) is 18.2. The zero-order valence-electron chi connectivity index (χ0n) is 21.1. The van der Waals surface area contributed by atoms with Gasteiger partial charge >= 0.3 is 6.09 Å². The minimum Gasteiger partial charge on any atom is -0.410 e. The minimum atomic E-state index is -0.925. The molecule has 2 N–H and O–H groups in total. The lowest BCUT2D eigenvalue weighted by molar-refractivity contribution is -0.145. The molecule has 1 aliphatic rings. The first-order valence-corrected chi connectivity index (χ1v) is 11.8. The SMILES string of the molecule is C#Cc1ccc(CNC(=O)[C@@H]2C[C@@H](O)CN2C(=O)[C@@H](N(C)C(=O)Oc2ccccc2)C(C)(C)C)cc1. The number of nitrogens with zero attached hydrogens (tertiary/aromatic N) is 2. The third-order valence-corrected chi connectivity index (χ3v) is 6.13. The number of aliphatic hydroxyl groups excluding tert-OH is 1. The number of carbonyl (C=O) groups is 3. The van der Waals surface area contributed by atoms with Gasteiger partial charge < -0.3 is 20.1 Å². The number of hydrogen-bond acceptors (Lipinski definition) is 5. The van der Waals surface area contributed by atoms with Gasteiger partial charge in [0.05, 0.1) is 6.10 Å². The molecule has 0 aliphatic carbocycles. The van der Waals surface area contributed by atoms with E-state index < -0.39 is 35.6 Å². The maximum absolute atomic E-state index is 13.8. The lowest BCUT2D eigenvalue weighted by Crippen LogP contribution is -2.58. The number of nitrogens with one attached hydrogen (secondary N) is 1. The van der Waals surface area contributed by atoms with E-state index in [0.29, 0.717) is 5.75 Å². The van der Waals surface area contributed by atoms with Crippen LogP contribution >= 0.6 is 0 Å². The van der Waals surface area contributed by atoms with E-state index >= 15 is 0 Å². The zero-order chi connectivity index (χ0) is 26.5. The molecule has 3 amide bonds. The van der Waals surface area contributed by atoms with Crippen molar-refractivity contribution in [2.75, 3.05) is 13.6 Å². The summed E-state index contributed by atoms with van der Waals surface area (Å²) in [5, 5.41) is 13.2. The number of terminal acetylenes is 1. The fourth-order valence-corrected chi connectivity index (χ4v) is 4.37. The van der Waals surface area contributed by atoms with Gasteiger partial charge in [-0.3, -0.25) is 14.5 Å². The van der Waals surface area contributed by atoms with Crippen LogP contribution in [-0.2, 0) is 16.1 Å². The van der Waals surface area contributed by atoms with Crippen LogP contribution in [0, 0.1) is 17.8 Å². The van der Waals surface area contributed by atoms with E-state index in [9.17, 15) is 19.5 Å². The number of carbonyl (C=O) groups excluding carboxylic acids is 3. The highest BCUT2D eigenvalue weighted by atomic mass is 16.6. The summed E-state index contributed by atoms with van der Waals surface area (Å²) in [6, 6.07) is 14.0. The molecule has 8 heteroatoms. The van der Waals surface area contributed by atoms with Gasteiger partial charge in [-0.15, -0.1) is 6.42 Å². The van der Waals surface area contributed by atoms with Gasteiger partial charge in [0.1, 0.15) is 17.8 Å². The van der Waals surface area contributed by atoms with Crippen LogP contribution in [-0.4, -0.2) is 64.6 Å². The Kier molecular flexibility index (Phi) is 8.38. The van der Waals surface area contributed by atoms with Gasteiger partial charge in [-0.1, -0.05) is 57.0 Å². The smallest absolute Gasteiger partial charge is 0.410 e. The van der Waals surface area contributed by atoms with E-state index in [4.69, 9.17) is 11.2 Å². The Morgan fingerprint density at radius 3 is 2.39 bits per heavy atom. The average molecular weight is 492 g/mol.